The minimum Gasteiger partial charge on any atom is -0.271 e. The molecule has 0 amide bonds. The summed E-state index contributed by atoms with van der Waals surface area (Å²) in [6, 6.07) is 6.96. The van der Waals surface area contributed by atoms with Gasteiger partial charge in [-0.2, -0.15) is 0 Å². The van der Waals surface area contributed by atoms with E-state index < -0.39 is 23.5 Å². The molecule has 0 aliphatic carbocycles. The average molecular weight is 345 g/mol. The second-order valence-electron chi connectivity index (χ2n) is 4.37. The first kappa shape index (κ1) is 15.0. The molecule has 20 heavy (non-hydrogen) atoms. The summed E-state index contributed by atoms with van der Waals surface area (Å²) in [5.41, 5.74) is 3.55. The van der Waals surface area contributed by atoms with Crippen LogP contribution in [0.5, 0.6) is 0 Å². The maximum absolute atomic E-state index is 13.3. The van der Waals surface area contributed by atoms with E-state index in [2.05, 4.69) is 21.4 Å². The maximum Gasteiger partial charge on any atom is 0.126 e. The van der Waals surface area contributed by atoms with Gasteiger partial charge in [-0.3, -0.25) is 11.3 Å². The molecule has 1 unspecified atom stereocenters. The second-order valence-corrected chi connectivity index (χ2v) is 5.22. The molecule has 0 aliphatic heterocycles. The van der Waals surface area contributed by atoms with E-state index in [4.69, 9.17) is 5.84 Å². The van der Waals surface area contributed by atoms with E-state index in [1.54, 1.807) is 6.07 Å². The van der Waals surface area contributed by atoms with Crippen LogP contribution in [0.4, 0.5) is 13.2 Å². The van der Waals surface area contributed by atoms with Gasteiger partial charge in [0.25, 0.3) is 0 Å². The van der Waals surface area contributed by atoms with E-state index in [-0.39, 0.29) is 6.42 Å². The van der Waals surface area contributed by atoms with E-state index >= 15 is 0 Å². The van der Waals surface area contributed by atoms with Gasteiger partial charge in [-0.05, 0) is 47.9 Å². The van der Waals surface area contributed by atoms with Gasteiger partial charge in [0.15, 0.2) is 0 Å². The molecule has 2 aromatic rings. The van der Waals surface area contributed by atoms with Crippen LogP contribution in [-0.2, 0) is 6.42 Å². The SMILES string of the molecule is NNC(Cc1cc(F)cc(F)c1)c1cc(F)ccc1Br. The lowest BCUT2D eigenvalue weighted by Crippen LogP contribution is -2.30. The van der Waals surface area contributed by atoms with Crippen molar-refractivity contribution in [1.82, 2.24) is 5.43 Å². The van der Waals surface area contributed by atoms with Gasteiger partial charge in [0, 0.05) is 10.5 Å². The zero-order valence-electron chi connectivity index (χ0n) is 10.3. The van der Waals surface area contributed by atoms with E-state index in [1.165, 1.54) is 24.3 Å². The highest BCUT2D eigenvalue weighted by atomic mass is 79.9. The van der Waals surface area contributed by atoms with E-state index in [9.17, 15) is 13.2 Å². The van der Waals surface area contributed by atoms with Gasteiger partial charge in [-0.15, -0.1) is 0 Å². The Hall–Kier alpha value is -1.37. The summed E-state index contributed by atoms with van der Waals surface area (Å²) in [6.07, 6.45) is 0.229. The average Bonchev–Trinajstić information content (AvgIpc) is 2.38. The highest BCUT2D eigenvalue weighted by Crippen LogP contribution is 2.27. The minimum atomic E-state index is -0.658. The second kappa shape index (κ2) is 6.39. The summed E-state index contributed by atoms with van der Waals surface area (Å²) >= 11 is 3.30. The summed E-state index contributed by atoms with van der Waals surface area (Å²) in [5.74, 6) is 3.74. The Kier molecular flexibility index (Phi) is 4.80. The van der Waals surface area contributed by atoms with Gasteiger partial charge in [0.2, 0.25) is 0 Å². The van der Waals surface area contributed by atoms with E-state index in [1.807, 2.05) is 0 Å². The van der Waals surface area contributed by atoms with Crippen molar-refractivity contribution in [3.63, 3.8) is 0 Å². The number of hydrogen-bond acceptors (Lipinski definition) is 2. The molecule has 0 heterocycles. The number of rotatable bonds is 4. The quantitative estimate of drug-likeness (QED) is 0.656. The Balaban J connectivity index is 2.31. The van der Waals surface area contributed by atoms with Crippen LogP contribution in [0.15, 0.2) is 40.9 Å². The Morgan fingerprint density at radius 2 is 1.65 bits per heavy atom. The molecule has 6 heteroatoms. The van der Waals surface area contributed by atoms with Crippen molar-refractivity contribution < 1.29 is 13.2 Å². The van der Waals surface area contributed by atoms with Gasteiger partial charge >= 0.3 is 0 Å². The topological polar surface area (TPSA) is 38.0 Å². The van der Waals surface area contributed by atoms with Gasteiger partial charge in [0.05, 0.1) is 6.04 Å². The summed E-state index contributed by atoms with van der Waals surface area (Å²) < 4.78 is 40.3. The number of halogens is 4. The Morgan fingerprint density at radius 3 is 2.25 bits per heavy atom. The van der Waals surface area contributed by atoms with Crippen molar-refractivity contribution in [2.45, 2.75) is 12.5 Å². The van der Waals surface area contributed by atoms with Crippen LogP contribution in [-0.4, -0.2) is 0 Å². The van der Waals surface area contributed by atoms with Crippen molar-refractivity contribution in [2.75, 3.05) is 0 Å². The summed E-state index contributed by atoms with van der Waals surface area (Å²) in [7, 11) is 0. The van der Waals surface area contributed by atoms with Gasteiger partial charge < -0.3 is 0 Å². The zero-order valence-corrected chi connectivity index (χ0v) is 11.9. The lowest BCUT2D eigenvalue weighted by atomic mass is 9.99. The van der Waals surface area contributed by atoms with Crippen LogP contribution < -0.4 is 11.3 Å². The molecule has 0 saturated carbocycles. The lowest BCUT2D eigenvalue weighted by molar-refractivity contribution is 0.533. The fourth-order valence-corrected chi connectivity index (χ4v) is 2.53. The first-order chi connectivity index (χ1) is 9.49. The molecule has 106 valence electrons. The molecule has 0 aromatic heterocycles. The number of nitrogens with two attached hydrogens (primary N) is 1. The number of benzene rings is 2. The van der Waals surface area contributed by atoms with E-state index in [0.717, 1.165) is 6.07 Å². The normalized spacial score (nSPS) is 12.4. The molecule has 0 fully saturated rings. The third-order valence-electron chi connectivity index (χ3n) is 2.90. The standard InChI is InChI=1S/C14H12BrF3N2/c15-13-2-1-9(16)7-12(13)14(20-19)5-8-3-10(17)6-11(18)4-8/h1-4,6-7,14,20H,5,19H2. The first-order valence-electron chi connectivity index (χ1n) is 5.85. The van der Waals surface area contributed by atoms with Crippen LogP contribution in [0.3, 0.4) is 0 Å². The van der Waals surface area contributed by atoms with Gasteiger partial charge in [0.1, 0.15) is 17.5 Å². The van der Waals surface area contributed by atoms with Crippen molar-refractivity contribution in [3.05, 3.63) is 69.4 Å². The Bertz CT molecular complexity index is 599. The smallest absolute Gasteiger partial charge is 0.126 e. The maximum atomic E-state index is 13.3. The highest BCUT2D eigenvalue weighted by molar-refractivity contribution is 9.10. The molecular formula is C14H12BrF3N2. The molecule has 3 N–H and O–H groups in total. The number of hydrazine groups is 1. The lowest BCUT2D eigenvalue weighted by Gasteiger charge is -2.18. The fourth-order valence-electron chi connectivity index (χ4n) is 2.00. The van der Waals surface area contributed by atoms with E-state index in [0.29, 0.717) is 15.6 Å². The summed E-state index contributed by atoms with van der Waals surface area (Å²) in [5, 5.41) is 0. The highest BCUT2D eigenvalue weighted by Gasteiger charge is 2.15. The van der Waals surface area contributed by atoms with Crippen LogP contribution in [0.1, 0.15) is 17.2 Å². The van der Waals surface area contributed by atoms with Gasteiger partial charge in [-0.1, -0.05) is 15.9 Å². The van der Waals surface area contributed by atoms with Crippen LogP contribution in [0, 0.1) is 17.5 Å². The third kappa shape index (κ3) is 3.59. The van der Waals surface area contributed by atoms with Gasteiger partial charge in [-0.25, -0.2) is 13.2 Å². The molecule has 2 aromatic carbocycles. The third-order valence-corrected chi connectivity index (χ3v) is 3.62. The van der Waals surface area contributed by atoms with Crippen LogP contribution >= 0.6 is 15.9 Å². The molecule has 0 aliphatic rings. The fraction of sp³-hybridized carbons (Fsp3) is 0.143. The Labute approximate surface area is 122 Å². The van der Waals surface area contributed by atoms with Crippen LogP contribution in [0.2, 0.25) is 0 Å². The van der Waals surface area contributed by atoms with Crippen molar-refractivity contribution in [2.24, 2.45) is 5.84 Å². The monoisotopic (exact) mass is 344 g/mol. The molecule has 0 saturated heterocycles. The molecule has 0 radical (unpaired) electrons. The predicted octanol–water partition coefficient (Wildman–Crippen LogP) is 3.61. The van der Waals surface area contributed by atoms with Crippen LogP contribution in [0.25, 0.3) is 0 Å². The molecule has 2 nitrogen and oxygen atoms in total. The largest absolute Gasteiger partial charge is 0.271 e. The molecule has 0 spiro atoms. The van der Waals surface area contributed by atoms with Crippen molar-refractivity contribution >= 4 is 15.9 Å². The molecule has 2 rings (SSSR count). The first-order valence-corrected chi connectivity index (χ1v) is 6.65. The Morgan fingerprint density at radius 1 is 1.00 bits per heavy atom. The van der Waals surface area contributed by atoms with Crippen molar-refractivity contribution in [3.8, 4) is 0 Å². The van der Waals surface area contributed by atoms with Crippen molar-refractivity contribution in [1.29, 1.82) is 0 Å². The number of hydrogen-bond donors (Lipinski definition) is 2. The predicted molar refractivity (Wildman–Crippen MR) is 74.2 cm³/mol. The molecule has 0 bridgehead atoms. The summed E-state index contributed by atoms with van der Waals surface area (Å²) in [6.45, 7) is 0. The minimum absolute atomic E-state index is 0.229. The summed E-state index contributed by atoms with van der Waals surface area (Å²) in [4.78, 5) is 0. The molecule has 1 atom stereocenters. The molecular weight excluding hydrogens is 333 g/mol. The number of nitrogens with one attached hydrogen (secondary N) is 1. The zero-order chi connectivity index (χ0) is 14.7.